The summed E-state index contributed by atoms with van der Waals surface area (Å²) >= 11 is 0. The monoisotopic (exact) mass is 530 g/mol. The van der Waals surface area contributed by atoms with Gasteiger partial charge in [-0.1, -0.05) is 13.0 Å². The van der Waals surface area contributed by atoms with Gasteiger partial charge in [0.15, 0.2) is 17.2 Å². The molecule has 13 heteroatoms. The minimum Gasteiger partial charge on any atom is -0.493 e. The molecule has 0 unspecified atom stereocenters. The average Bonchev–Trinajstić information content (AvgIpc) is 3.12. The summed E-state index contributed by atoms with van der Waals surface area (Å²) < 4.78 is 80.9. The number of hydrogen-bond acceptors (Lipinski definition) is 6. The van der Waals surface area contributed by atoms with E-state index in [0.717, 1.165) is 26.2 Å². The van der Waals surface area contributed by atoms with Crippen LogP contribution >= 0.6 is 0 Å². The lowest BCUT2D eigenvalue weighted by Crippen LogP contribution is -2.47. The van der Waals surface area contributed by atoms with Gasteiger partial charge in [0.1, 0.15) is 11.9 Å². The largest absolute Gasteiger partial charge is 0.493 e. The molecule has 1 aliphatic heterocycles. The fraction of sp³-hybridized carbons (Fsp3) is 0.458. The number of halogens is 5. The Kier molecular flexibility index (Phi) is 7.96. The van der Waals surface area contributed by atoms with Crippen molar-refractivity contribution in [2.75, 3.05) is 38.0 Å². The number of carbonyl (C=O) groups is 2. The van der Waals surface area contributed by atoms with Crippen LogP contribution in [0.4, 0.5) is 33.5 Å². The van der Waals surface area contributed by atoms with Crippen molar-refractivity contribution in [3.63, 3.8) is 0 Å². The second-order valence-electron chi connectivity index (χ2n) is 8.86. The summed E-state index contributed by atoms with van der Waals surface area (Å²) in [5.74, 6) is -6.89. The Hall–Kier alpha value is -3.48. The number of ether oxygens (including phenoxy) is 2. The van der Waals surface area contributed by atoms with Crippen molar-refractivity contribution in [3.8, 4) is 5.75 Å². The number of nitrogens with zero attached hydrogens (tertiary/aromatic N) is 2. The molecule has 202 valence electrons. The number of pyridine rings is 1. The Bertz CT molecular complexity index is 1180. The summed E-state index contributed by atoms with van der Waals surface area (Å²) in [5, 5.41) is 4.98. The number of carbonyl (C=O) groups excluding carboxylic acids is 2. The van der Waals surface area contributed by atoms with Crippen LogP contribution in [0, 0.1) is 17.6 Å². The van der Waals surface area contributed by atoms with Gasteiger partial charge in [0.2, 0.25) is 11.7 Å². The topological polar surface area (TPSA) is 92.8 Å². The smallest absolute Gasteiger partial charge is 0.417 e. The molecule has 4 atom stereocenters. The van der Waals surface area contributed by atoms with Crippen LogP contribution in [-0.2, 0) is 14.3 Å². The molecule has 3 rings (SSSR count). The van der Waals surface area contributed by atoms with Crippen LogP contribution in [0.2, 0.25) is 0 Å². The standard InChI is InChI=1S/C24H27F5N4O4/c1-12-18(14-6-7-15(25)19(26)20(14)36-5)21(37-23(12,2)24(27,28)29)22(35)32-13-8-9-31-16(10-13)33(4)11-17(34)30-3/h6-10,12,18,21H,11H2,1-5H3,(H,30,34)(H,31,32,35)/t12-,18-,21+,23+/m0/s1. The number of aromatic nitrogens is 1. The molecule has 2 amide bonds. The van der Waals surface area contributed by atoms with Crippen LogP contribution in [0.15, 0.2) is 30.5 Å². The summed E-state index contributed by atoms with van der Waals surface area (Å²) in [7, 11) is 4.11. The number of alkyl halides is 3. The normalized spacial score (nSPS) is 23.5. The molecule has 2 heterocycles. The number of anilines is 2. The molecule has 1 aromatic carbocycles. The quantitative estimate of drug-likeness (QED) is 0.532. The molecule has 0 aliphatic carbocycles. The molecule has 1 aliphatic rings. The zero-order chi connectivity index (χ0) is 27.7. The molecule has 8 nitrogen and oxygen atoms in total. The first kappa shape index (κ1) is 28.1. The van der Waals surface area contributed by atoms with E-state index in [1.54, 1.807) is 7.05 Å². The van der Waals surface area contributed by atoms with E-state index in [0.29, 0.717) is 5.82 Å². The third-order valence-corrected chi connectivity index (χ3v) is 6.63. The number of benzene rings is 1. The van der Waals surface area contributed by atoms with Gasteiger partial charge in [-0.15, -0.1) is 0 Å². The summed E-state index contributed by atoms with van der Waals surface area (Å²) in [6.07, 6.45) is -5.27. The highest BCUT2D eigenvalue weighted by Crippen LogP contribution is 2.55. The van der Waals surface area contributed by atoms with Crippen LogP contribution < -0.4 is 20.3 Å². The van der Waals surface area contributed by atoms with Crippen molar-refractivity contribution in [3.05, 3.63) is 47.7 Å². The zero-order valence-corrected chi connectivity index (χ0v) is 20.7. The number of amides is 2. The highest BCUT2D eigenvalue weighted by Gasteiger charge is 2.65. The lowest BCUT2D eigenvalue weighted by Gasteiger charge is -2.32. The molecular weight excluding hydrogens is 503 g/mol. The number of nitrogens with one attached hydrogen (secondary N) is 2. The molecule has 0 radical (unpaired) electrons. The SMILES string of the molecule is CNC(=O)CN(C)c1cc(NC(=O)[C@@H]2O[C@@](C)(C(F)(F)F)[C@@H](C)[C@H]2c2ccc(F)c(F)c2OC)ccn1. The van der Waals surface area contributed by atoms with Crippen LogP contribution in [-0.4, -0.2) is 62.4 Å². The van der Waals surface area contributed by atoms with Crippen LogP contribution in [0.25, 0.3) is 0 Å². The molecule has 37 heavy (non-hydrogen) atoms. The summed E-state index contributed by atoms with van der Waals surface area (Å²) in [4.78, 5) is 30.6. The first-order valence-corrected chi connectivity index (χ1v) is 11.2. The van der Waals surface area contributed by atoms with Gasteiger partial charge in [-0.25, -0.2) is 9.37 Å². The third-order valence-electron chi connectivity index (χ3n) is 6.63. The van der Waals surface area contributed by atoms with Crippen LogP contribution in [0.5, 0.6) is 5.75 Å². The van der Waals surface area contributed by atoms with Crippen molar-refractivity contribution in [2.24, 2.45) is 5.92 Å². The molecule has 1 aromatic heterocycles. The number of likely N-dealkylation sites (N-methyl/N-ethyl adjacent to an activating group) is 2. The maximum absolute atomic E-state index is 14.5. The first-order valence-electron chi connectivity index (χ1n) is 11.2. The van der Waals surface area contributed by atoms with Gasteiger partial charge in [-0.05, 0) is 19.1 Å². The number of hydrogen-bond donors (Lipinski definition) is 2. The Morgan fingerprint density at radius 1 is 1.24 bits per heavy atom. The van der Waals surface area contributed by atoms with E-state index >= 15 is 0 Å². The lowest BCUT2D eigenvalue weighted by atomic mass is 9.77. The molecule has 1 fully saturated rings. The van der Waals surface area contributed by atoms with Gasteiger partial charge in [-0.3, -0.25) is 9.59 Å². The highest BCUT2D eigenvalue weighted by molar-refractivity contribution is 5.95. The molecule has 2 aromatic rings. The van der Waals surface area contributed by atoms with E-state index < -0.39 is 53.0 Å². The molecule has 0 bridgehead atoms. The molecule has 0 spiro atoms. The molecule has 2 N–H and O–H groups in total. The van der Waals surface area contributed by atoms with Crippen molar-refractivity contribution in [1.82, 2.24) is 10.3 Å². The third kappa shape index (κ3) is 5.31. The van der Waals surface area contributed by atoms with Gasteiger partial charge < -0.3 is 25.0 Å². The van der Waals surface area contributed by atoms with E-state index in [9.17, 15) is 31.5 Å². The zero-order valence-electron chi connectivity index (χ0n) is 20.7. The van der Waals surface area contributed by atoms with Crippen molar-refractivity contribution in [2.45, 2.75) is 37.6 Å². The molecule has 1 saturated heterocycles. The Morgan fingerprint density at radius 2 is 1.92 bits per heavy atom. The van der Waals surface area contributed by atoms with Gasteiger partial charge in [0.25, 0.3) is 5.91 Å². The maximum atomic E-state index is 14.5. The summed E-state index contributed by atoms with van der Waals surface area (Å²) in [6, 6.07) is 4.68. The Balaban J connectivity index is 1.99. The van der Waals surface area contributed by atoms with Gasteiger partial charge in [0.05, 0.1) is 13.7 Å². The van der Waals surface area contributed by atoms with Gasteiger partial charge >= 0.3 is 6.18 Å². The Morgan fingerprint density at radius 3 is 2.51 bits per heavy atom. The van der Waals surface area contributed by atoms with E-state index in [-0.39, 0.29) is 23.7 Å². The lowest BCUT2D eigenvalue weighted by molar-refractivity contribution is -0.272. The molecule has 0 saturated carbocycles. The Labute approximate surface area is 210 Å². The minimum atomic E-state index is -4.88. The van der Waals surface area contributed by atoms with E-state index in [1.807, 2.05) is 0 Å². The fourth-order valence-electron chi connectivity index (χ4n) is 4.33. The average molecular weight is 530 g/mol. The second-order valence-corrected chi connectivity index (χ2v) is 8.86. The number of rotatable bonds is 7. The van der Waals surface area contributed by atoms with E-state index in [2.05, 4.69) is 15.6 Å². The minimum absolute atomic E-state index is 0.0356. The summed E-state index contributed by atoms with van der Waals surface area (Å²) in [6.45, 7) is 2.00. The van der Waals surface area contributed by atoms with Gasteiger partial charge in [0, 0.05) is 49.4 Å². The van der Waals surface area contributed by atoms with Crippen LogP contribution in [0.3, 0.4) is 0 Å². The number of methoxy groups -OCH3 is 1. The first-order chi connectivity index (χ1) is 17.2. The van der Waals surface area contributed by atoms with Gasteiger partial charge in [-0.2, -0.15) is 17.6 Å². The maximum Gasteiger partial charge on any atom is 0.417 e. The predicted octanol–water partition coefficient (Wildman–Crippen LogP) is 3.63. The van der Waals surface area contributed by atoms with Crippen molar-refractivity contribution < 1.29 is 41.0 Å². The molecular formula is C24H27F5N4O4. The summed E-state index contributed by atoms with van der Waals surface area (Å²) in [5.41, 5.74) is -2.73. The highest BCUT2D eigenvalue weighted by atomic mass is 19.4. The van der Waals surface area contributed by atoms with Crippen molar-refractivity contribution >= 4 is 23.3 Å². The second kappa shape index (κ2) is 10.5. The van der Waals surface area contributed by atoms with E-state index in [1.165, 1.54) is 37.2 Å². The van der Waals surface area contributed by atoms with Crippen molar-refractivity contribution in [1.29, 1.82) is 0 Å². The van der Waals surface area contributed by atoms with Crippen LogP contribution in [0.1, 0.15) is 25.3 Å². The fourth-order valence-corrected chi connectivity index (χ4v) is 4.33. The van der Waals surface area contributed by atoms with E-state index in [4.69, 9.17) is 9.47 Å². The predicted molar refractivity (Wildman–Crippen MR) is 124 cm³/mol.